The molecule has 1 aliphatic heterocycles. The van der Waals surface area contributed by atoms with E-state index in [0.717, 1.165) is 32.2 Å². The highest BCUT2D eigenvalue weighted by Crippen LogP contribution is 2.33. The number of fused-ring (bicyclic) bond motifs is 1. The fraction of sp³-hybridized carbons (Fsp3) is 0.588. The van der Waals surface area contributed by atoms with Gasteiger partial charge in [-0.05, 0) is 51.3 Å². The van der Waals surface area contributed by atoms with E-state index < -0.39 is 0 Å². The predicted molar refractivity (Wildman–Crippen MR) is 85.4 cm³/mol. The number of para-hydroxylation sites is 1. The zero-order valence-corrected chi connectivity index (χ0v) is 12.9. The van der Waals surface area contributed by atoms with Gasteiger partial charge in [0.2, 0.25) is 5.91 Å². The Kier molecular flexibility index (Phi) is 4.15. The molecular formula is C17H25N3O. The lowest BCUT2D eigenvalue weighted by Crippen LogP contribution is -2.46. The van der Waals surface area contributed by atoms with Crippen molar-refractivity contribution < 1.29 is 4.79 Å². The Balaban J connectivity index is 1.84. The van der Waals surface area contributed by atoms with Crippen LogP contribution in [0.2, 0.25) is 0 Å². The van der Waals surface area contributed by atoms with Crippen LogP contribution < -0.4 is 15.5 Å². The number of carbonyl (C=O) groups excluding carboxylic acids is 1. The molecule has 2 atom stereocenters. The Hall–Kier alpha value is -1.55. The van der Waals surface area contributed by atoms with Gasteiger partial charge >= 0.3 is 0 Å². The van der Waals surface area contributed by atoms with Crippen LogP contribution in [0.15, 0.2) is 24.3 Å². The highest BCUT2D eigenvalue weighted by molar-refractivity contribution is 5.85. The first-order valence-electron chi connectivity index (χ1n) is 8.04. The van der Waals surface area contributed by atoms with Crippen molar-refractivity contribution in [1.82, 2.24) is 10.6 Å². The summed E-state index contributed by atoms with van der Waals surface area (Å²) >= 11 is 0. The monoisotopic (exact) mass is 287 g/mol. The quantitative estimate of drug-likeness (QED) is 0.892. The first-order valence-corrected chi connectivity index (χ1v) is 8.04. The molecule has 0 spiro atoms. The van der Waals surface area contributed by atoms with Gasteiger partial charge in [-0.3, -0.25) is 4.79 Å². The number of rotatable bonds is 4. The van der Waals surface area contributed by atoms with Crippen molar-refractivity contribution >= 4 is 11.6 Å². The van der Waals surface area contributed by atoms with Gasteiger partial charge in [0, 0.05) is 24.3 Å². The highest BCUT2D eigenvalue weighted by atomic mass is 16.2. The van der Waals surface area contributed by atoms with Gasteiger partial charge in [-0.2, -0.15) is 0 Å². The Bertz CT molecular complexity index is 513. The molecular weight excluding hydrogens is 262 g/mol. The third-order valence-corrected chi connectivity index (χ3v) is 4.63. The van der Waals surface area contributed by atoms with E-state index in [1.165, 1.54) is 11.3 Å². The van der Waals surface area contributed by atoms with E-state index in [2.05, 4.69) is 39.8 Å². The van der Waals surface area contributed by atoms with Crippen LogP contribution in [0.25, 0.3) is 0 Å². The van der Waals surface area contributed by atoms with Crippen LogP contribution in [0.3, 0.4) is 0 Å². The number of carbonyl (C=O) groups is 1. The summed E-state index contributed by atoms with van der Waals surface area (Å²) in [5, 5.41) is 6.53. The smallest absolute Gasteiger partial charge is 0.242 e. The molecule has 1 aromatic carbocycles. The number of benzene rings is 1. The summed E-state index contributed by atoms with van der Waals surface area (Å²) in [6.45, 7) is 2.96. The molecule has 1 saturated carbocycles. The number of amides is 1. The van der Waals surface area contributed by atoms with E-state index in [0.29, 0.717) is 12.1 Å². The minimum absolute atomic E-state index is 0.109. The summed E-state index contributed by atoms with van der Waals surface area (Å²) in [5.74, 6) is 0.162. The minimum atomic E-state index is -0.109. The fourth-order valence-electron chi connectivity index (χ4n) is 3.18. The van der Waals surface area contributed by atoms with Crippen LogP contribution in [0.5, 0.6) is 0 Å². The van der Waals surface area contributed by atoms with Crippen LogP contribution >= 0.6 is 0 Å². The molecule has 1 aliphatic carbocycles. The van der Waals surface area contributed by atoms with Crippen LogP contribution in [0.1, 0.15) is 44.2 Å². The molecule has 0 aromatic heterocycles. The van der Waals surface area contributed by atoms with Gasteiger partial charge in [-0.1, -0.05) is 18.2 Å². The molecule has 0 saturated heterocycles. The normalized spacial score (nSPS) is 23.1. The second-order valence-corrected chi connectivity index (χ2v) is 6.19. The number of hydrogen-bond donors (Lipinski definition) is 2. The SMILES string of the molecule is CNC1CCCN(C(C)C(=O)NC2CC2)c2ccccc21. The van der Waals surface area contributed by atoms with Crippen molar-refractivity contribution in [3.63, 3.8) is 0 Å². The zero-order chi connectivity index (χ0) is 14.8. The van der Waals surface area contributed by atoms with E-state index in [1.54, 1.807) is 0 Å². The number of nitrogens with one attached hydrogen (secondary N) is 2. The average molecular weight is 287 g/mol. The maximum absolute atomic E-state index is 12.4. The molecule has 21 heavy (non-hydrogen) atoms. The molecule has 1 aromatic rings. The lowest BCUT2D eigenvalue weighted by Gasteiger charge is -2.31. The molecule has 2 unspecified atom stereocenters. The summed E-state index contributed by atoms with van der Waals surface area (Å²) in [4.78, 5) is 14.7. The minimum Gasteiger partial charge on any atom is -0.360 e. The molecule has 1 fully saturated rings. The number of nitrogens with zero attached hydrogens (tertiary/aromatic N) is 1. The second kappa shape index (κ2) is 6.06. The standard InChI is InChI=1S/C17H25N3O/c1-12(17(21)19-13-9-10-13)20-11-5-7-15(18-2)14-6-3-4-8-16(14)20/h3-4,6,8,12-13,15,18H,5,7,9-11H2,1-2H3,(H,19,21). The fourth-order valence-corrected chi connectivity index (χ4v) is 3.18. The average Bonchev–Trinajstić information content (AvgIpc) is 3.32. The van der Waals surface area contributed by atoms with E-state index in [-0.39, 0.29) is 11.9 Å². The molecule has 114 valence electrons. The van der Waals surface area contributed by atoms with Gasteiger partial charge in [0.1, 0.15) is 6.04 Å². The predicted octanol–water partition coefficient (Wildman–Crippen LogP) is 2.21. The first kappa shape index (κ1) is 14.4. The number of hydrogen-bond acceptors (Lipinski definition) is 3. The molecule has 2 aliphatic rings. The summed E-state index contributed by atoms with van der Waals surface area (Å²) in [6, 6.07) is 9.17. The Labute approximate surface area is 126 Å². The summed E-state index contributed by atoms with van der Waals surface area (Å²) in [6.07, 6.45) is 4.48. The molecule has 3 rings (SSSR count). The summed E-state index contributed by atoms with van der Waals surface area (Å²) < 4.78 is 0. The zero-order valence-electron chi connectivity index (χ0n) is 12.9. The van der Waals surface area contributed by atoms with Gasteiger partial charge in [-0.15, -0.1) is 0 Å². The van der Waals surface area contributed by atoms with Crippen LogP contribution in [-0.4, -0.2) is 31.6 Å². The van der Waals surface area contributed by atoms with Gasteiger partial charge in [0.25, 0.3) is 0 Å². The highest BCUT2D eigenvalue weighted by Gasteiger charge is 2.31. The van der Waals surface area contributed by atoms with Crippen LogP contribution in [-0.2, 0) is 4.79 Å². The van der Waals surface area contributed by atoms with Crippen molar-refractivity contribution in [3.05, 3.63) is 29.8 Å². The molecule has 0 bridgehead atoms. The molecule has 0 radical (unpaired) electrons. The van der Waals surface area contributed by atoms with Gasteiger partial charge < -0.3 is 15.5 Å². The Morgan fingerprint density at radius 2 is 2.05 bits per heavy atom. The van der Waals surface area contributed by atoms with Crippen molar-refractivity contribution in [2.75, 3.05) is 18.5 Å². The van der Waals surface area contributed by atoms with Crippen molar-refractivity contribution in [3.8, 4) is 0 Å². The lowest BCUT2D eigenvalue weighted by molar-refractivity contribution is -0.122. The maximum Gasteiger partial charge on any atom is 0.242 e. The Morgan fingerprint density at radius 3 is 2.76 bits per heavy atom. The largest absolute Gasteiger partial charge is 0.360 e. The van der Waals surface area contributed by atoms with E-state index in [4.69, 9.17) is 0 Å². The third-order valence-electron chi connectivity index (χ3n) is 4.63. The van der Waals surface area contributed by atoms with Gasteiger partial charge in [0.15, 0.2) is 0 Å². The third kappa shape index (κ3) is 3.05. The first-order chi connectivity index (χ1) is 10.2. The van der Waals surface area contributed by atoms with E-state index in [9.17, 15) is 4.79 Å². The molecule has 4 heteroatoms. The van der Waals surface area contributed by atoms with Crippen molar-refractivity contribution in [2.24, 2.45) is 0 Å². The van der Waals surface area contributed by atoms with Crippen molar-refractivity contribution in [1.29, 1.82) is 0 Å². The topological polar surface area (TPSA) is 44.4 Å². The van der Waals surface area contributed by atoms with E-state index >= 15 is 0 Å². The molecule has 1 amide bonds. The van der Waals surface area contributed by atoms with E-state index in [1.807, 2.05) is 14.0 Å². The summed E-state index contributed by atoms with van der Waals surface area (Å²) in [7, 11) is 2.01. The maximum atomic E-state index is 12.4. The van der Waals surface area contributed by atoms with Crippen LogP contribution in [0, 0.1) is 0 Å². The van der Waals surface area contributed by atoms with Gasteiger partial charge in [-0.25, -0.2) is 0 Å². The van der Waals surface area contributed by atoms with Crippen LogP contribution in [0.4, 0.5) is 5.69 Å². The Morgan fingerprint density at radius 1 is 1.29 bits per heavy atom. The summed E-state index contributed by atoms with van der Waals surface area (Å²) in [5.41, 5.74) is 2.51. The number of anilines is 1. The van der Waals surface area contributed by atoms with Crippen molar-refractivity contribution in [2.45, 2.75) is 50.7 Å². The molecule has 1 heterocycles. The van der Waals surface area contributed by atoms with Gasteiger partial charge in [0.05, 0.1) is 0 Å². The molecule has 4 nitrogen and oxygen atoms in total. The molecule has 2 N–H and O–H groups in total. The second-order valence-electron chi connectivity index (χ2n) is 6.19. The lowest BCUT2D eigenvalue weighted by atomic mass is 10.0.